The van der Waals surface area contributed by atoms with Gasteiger partial charge >= 0.3 is 0 Å². The maximum atomic E-state index is 12.3. The average Bonchev–Trinajstić information content (AvgIpc) is 2.98. The summed E-state index contributed by atoms with van der Waals surface area (Å²) in [6, 6.07) is 51.8. The van der Waals surface area contributed by atoms with Gasteiger partial charge in [0.25, 0.3) is 0 Å². The highest BCUT2D eigenvalue weighted by Gasteiger charge is 2.27. The molecule has 0 atom stereocenters. The molecule has 1 nitrogen and oxygen atoms in total. The molecule has 0 saturated heterocycles. The first-order valence-corrected chi connectivity index (χ1v) is 12.5. The quantitative estimate of drug-likeness (QED) is 0.264. The molecule has 6 aromatic carbocycles. The van der Waals surface area contributed by atoms with Crippen molar-refractivity contribution in [2.24, 2.45) is 0 Å². The molecule has 0 saturated carbocycles. The Morgan fingerprint density at radius 2 is 0.432 bits per heavy atom. The molecule has 0 heterocycles. The van der Waals surface area contributed by atoms with Gasteiger partial charge in [-0.15, -0.1) is 0 Å². The van der Waals surface area contributed by atoms with E-state index in [0.29, 0.717) is 0 Å². The van der Waals surface area contributed by atoms with Gasteiger partial charge in [-0.3, -0.25) is 0 Å². The van der Waals surface area contributed by atoms with Crippen LogP contribution >= 0.6 is 0 Å². The molecule has 0 bridgehead atoms. The minimum atomic E-state index is 0.287. The molecule has 0 amide bonds. The van der Waals surface area contributed by atoms with Gasteiger partial charge in [0.15, 0.2) is 0 Å². The largest absolute Gasteiger partial charge is 0.507 e. The summed E-state index contributed by atoms with van der Waals surface area (Å²) in [7, 11) is 0. The van der Waals surface area contributed by atoms with Gasteiger partial charge in [-0.2, -0.15) is 0 Å². The van der Waals surface area contributed by atoms with E-state index in [0.717, 1.165) is 55.6 Å². The van der Waals surface area contributed by atoms with Crippen molar-refractivity contribution >= 4 is 0 Å². The van der Waals surface area contributed by atoms with E-state index in [1.807, 2.05) is 54.6 Å². The number of aromatic hydroxyl groups is 1. The number of hydrogen-bond acceptors (Lipinski definition) is 1. The predicted octanol–water partition coefficient (Wildman–Crippen LogP) is 9.73. The fourth-order valence-electron chi connectivity index (χ4n) is 5.19. The summed E-state index contributed by atoms with van der Waals surface area (Å²) < 4.78 is 0. The van der Waals surface area contributed by atoms with E-state index >= 15 is 0 Å². The van der Waals surface area contributed by atoms with Crippen molar-refractivity contribution in [2.45, 2.75) is 0 Å². The molecule has 0 aliphatic heterocycles. The highest BCUT2D eigenvalue weighted by molar-refractivity contribution is 6.10. The molecular formula is C36H26O. The molecular weight excluding hydrogens is 448 g/mol. The van der Waals surface area contributed by atoms with E-state index in [1.165, 1.54) is 0 Å². The second kappa shape index (κ2) is 10.0. The fraction of sp³-hybridized carbons (Fsp3) is 0. The summed E-state index contributed by atoms with van der Waals surface area (Å²) in [5, 5.41) is 12.3. The first kappa shape index (κ1) is 22.6. The zero-order valence-corrected chi connectivity index (χ0v) is 20.4. The zero-order chi connectivity index (χ0) is 25.0. The van der Waals surface area contributed by atoms with Gasteiger partial charge in [0, 0.05) is 22.3 Å². The number of benzene rings is 6. The van der Waals surface area contributed by atoms with Crippen molar-refractivity contribution in [3.05, 3.63) is 152 Å². The van der Waals surface area contributed by atoms with Crippen LogP contribution in [0, 0.1) is 0 Å². The number of phenols is 1. The molecule has 176 valence electrons. The topological polar surface area (TPSA) is 20.2 Å². The van der Waals surface area contributed by atoms with Crippen LogP contribution in [-0.4, -0.2) is 5.11 Å². The van der Waals surface area contributed by atoms with Crippen LogP contribution < -0.4 is 0 Å². The van der Waals surface area contributed by atoms with E-state index in [2.05, 4.69) is 97.1 Å². The van der Waals surface area contributed by atoms with Crippen LogP contribution in [0.15, 0.2) is 152 Å². The molecule has 6 rings (SSSR count). The standard InChI is InChI=1S/C36H26O/c37-36-34(29-22-12-4-13-23-29)32(27-18-8-2-9-19-27)31(26-16-6-1-7-17-26)33(28-20-10-3-11-21-28)35(36)30-24-14-5-15-25-30/h1-25,37H. The molecule has 0 spiro atoms. The Labute approximate surface area is 218 Å². The smallest absolute Gasteiger partial charge is 0.132 e. The molecule has 1 N–H and O–H groups in total. The normalized spacial score (nSPS) is 10.8. The summed E-state index contributed by atoms with van der Waals surface area (Å²) in [5.74, 6) is 0.287. The summed E-state index contributed by atoms with van der Waals surface area (Å²) in [6.07, 6.45) is 0. The van der Waals surface area contributed by atoms with E-state index < -0.39 is 0 Å². The average molecular weight is 475 g/mol. The Morgan fingerprint density at radius 1 is 0.243 bits per heavy atom. The van der Waals surface area contributed by atoms with Gasteiger partial charge in [0.2, 0.25) is 0 Å². The third kappa shape index (κ3) is 4.22. The lowest BCUT2D eigenvalue weighted by Gasteiger charge is -2.26. The zero-order valence-electron chi connectivity index (χ0n) is 20.4. The van der Waals surface area contributed by atoms with Crippen LogP contribution in [0.3, 0.4) is 0 Å². The van der Waals surface area contributed by atoms with E-state index in [-0.39, 0.29) is 5.75 Å². The lowest BCUT2D eigenvalue weighted by atomic mass is 9.78. The van der Waals surface area contributed by atoms with Crippen LogP contribution in [0.4, 0.5) is 0 Å². The molecule has 0 aliphatic rings. The Morgan fingerprint density at radius 3 is 0.676 bits per heavy atom. The second-order valence-electron chi connectivity index (χ2n) is 9.05. The summed E-state index contributed by atoms with van der Waals surface area (Å²) in [5.41, 5.74) is 10.0. The number of hydrogen-bond donors (Lipinski definition) is 1. The first-order chi connectivity index (χ1) is 18.3. The maximum absolute atomic E-state index is 12.3. The molecule has 0 fully saturated rings. The second-order valence-corrected chi connectivity index (χ2v) is 9.05. The van der Waals surface area contributed by atoms with Gasteiger partial charge in [-0.25, -0.2) is 0 Å². The summed E-state index contributed by atoms with van der Waals surface area (Å²) in [6.45, 7) is 0. The van der Waals surface area contributed by atoms with Crippen molar-refractivity contribution in [1.82, 2.24) is 0 Å². The molecule has 0 unspecified atom stereocenters. The molecule has 37 heavy (non-hydrogen) atoms. The van der Waals surface area contributed by atoms with Gasteiger partial charge in [0.05, 0.1) is 0 Å². The highest BCUT2D eigenvalue weighted by Crippen LogP contribution is 2.55. The Bertz CT molecular complexity index is 1520. The Hall–Kier alpha value is -4.88. The predicted molar refractivity (Wildman–Crippen MR) is 155 cm³/mol. The van der Waals surface area contributed by atoms with Crippen LogP contribution in [-0.2, 0) is 0 Å². The Kier molecular flexibility index (Phi) is 6.10. The molecule has 0 aromatic heterocycles. The van der Waals surface area contributed by atoms with Crippen LogP contribution in [0.5, 0.6) is 5.75 Å². The lowest BCUT2D eigenvalue weighted by molar-refractivity contribution is 0.480. The van der Waals surface area contributed by atoms with Gasteiger partial charge < -0.3 is 5.11 Å². The van der Waals surface area contributed by atoms with Crippen molar-refractivity contribution in [1.29, 1.82) is 0 Å². The van der Waals surface area contributed by atoms with E-state index in [1.54, 1.807) is 0 Å². The third-order valence-electron chi connectivity index (χ3n) is 6.79. The van der Waals surface area contributed by atoms with Crippen molar-refractivity contribution in [3.8, 4) is 61.4 Å². The van der Waals surface area contributed by atoms with Crippen molar-refractivity contribution < 1.29 is 5.11 Å². The lowest BCUT2D eigenvalue weighted by Crippen LogP contribution is -1.99. The van der Waals surface area contributed by atoms with Crippen LogP contribution in [0.1, 0.15) is 0 Å². The van der Waals surface area contributed by atoms with E-state index in [9.17, 15) is 5.11 Å². The molecule has 1 heteroatoms. The SMILES string of the molecule is Oc1c(-c2ccccc2)c(-c2ccccc2)c(-c2ccccc2)c(-c2ccccc2)c1-c1ccccc1. The van der Waals surface area contributed by atoms with Gasteiger partial charge in [0.1, 0.15) is 5.75 Å². The number of phenolic OH excluding ortho intramolecular Hbond substituents is 1. The number of rotatable bonds is 5. The molecule has 6 aromatic rings. The van der Waals surface area contributed by atoms with Gasteiger partial charge in [-0.1, -0.05) is 152 Å². The molecule has 0 aliphatic carbocycles. The van der Waals surface area contributed by atoms with E-state index in [4.69, 9.17) is 0 Å². The maximum Gasteiger partial charge on any atom is 0.132 e. The molecule has 0 radical (unpaired) electrons. The summed E-state index contributed by atoms with van der Waals surface area (Å²) in [4.78, 5) is 0. The van der Waals surface area contributed by atoms with Crippen LogP contribution in [0.2, 0.25) is 0 Å². The third-order valence-corrected chi connectivity index (χ3v) is 6.79. The minimum absolute atomic E-state index is 0.287. The van der Waals surface area contributed by atoms with Gasteiger partial charge in [-0.05, 0) is 33.4 Å². The van der Waals surface area contributed by atoms with Crippen molar-refractivity contribution in [3.63, 3.8) is 0 Å². The first-order valence-electron chi connectivity index (χ1n) is 12.5. The van der Waals surface area contributed by atoms with Crippen LogP contribution in [0.25, 0.3) is 55.6 Å². The van der Waals surface area contributed by atoms with Crippen molar-refractivity contribution in [2.75, 3.05) is 0 Å². The summed E-state index contributed by atoms with van der Waals surface area (Å²) >= 11 is 0. The fourth-order valence-corrected chi connectivity index (χ4v) is 5.19. The Balaban J connectivity index is 1.89. The highest BCUT2D eigenvalue weighted by atomic mass is 16.3. The monoisotopic (exact) mass is 474 g/mol. The minimum Gasteiger partial charge on any atom is -0.507 e.